The molecule has 184 valence electrons. The second-order valence-electron chi connectivity index (χ2n) is 11.0. The molecule has 0 unspecified atom stereocenters. The maximum atomic E-state index is 13.3. The predicted octanol–water partition coefficient (Wildman–Crippen LogP) is 3.73. The van der Waals surface area contributed by atoms with Crippen LogP contribution in [0.15, 0.2) is 65.3 Å². The Bertz CT molecular complexity index is 1190. The van der Waals surface area contributed by atoms with Gasteiger partial charge in [0.2, 0.25) is 5.78 Å². The van der Waals surface area contributed by atoms with Crippen molar-refractivity contribution in [2.45, 2.75) is 58.2 Å². The molecule has 1 aromatic rings. The van der Waals surface area contributed by atoms with Gasteiger partial charge in [0.15, 0.2) is 11.4 Å². The van der Waals surface area contributed by atoms with Crippen LogP contribution in [0, 0.1) is 22.7 Å². The Morgan fingerprint density at radius 1 is 1.17 bits per heavy atom. The average Bonchev–Trinajstić information content (AvgIpc) is 3.12. The minimum Gasteiger partial charge on any atom is -0.447 e. The standard InChI is InChI=1S/C29H32O6/c1-17-13-20-21-10-12-29(24(33)16-30,35-26(34)18-7-5-4-6-8-18)28(21,3)15-23(32)25(20)27(2)11-9-19(31)14-22(17)27/h4-9,11,14,17,21,23,30,32H,10,12-13,15-16H2,1-3H3/t17-,21-,23-,27-,28-,29-/m0/s1. The van der Waals surface area contributed by atoms with Crippen molar-refractivity contribution in [2.75, 3.05) is 6.61 Å². The van der Waals surface area contributed by atoms with E-state index in [0.29, 0.717) is 18.4 Å². The van der Waals surface area contributed by atoms with E-state index in [1.54, 1.807) is 42.5 Å². The van der Waals surface area contributed by atoms with Crippen LogP contribution < -0.4 is 0 Å². The summed E-state index contributed by atoms with van der Waals surface area (Å²) in [5.41, 5.74) is 0.396. The second-order valence-corrected chi connectivity index (χ2v) is 11.0. The normalized spacial score (nSPS) is 37.8. The molecule has 6 heteroatoms. The van der Waals surface area contributed by atoms with Gasteiger partial charge >= 0.3 is 5.97 Å². The van der Waals surface area contributed by atoms with Gasteiger partial charge < -0.3 is 14.9 Å². The molecule has 0 bridgehead atoms. The number of aliphatic hydroxyl groups is 2. The molecule has 0 aliphatic heterocycles. The number of rotatable bonds is 4. The van der Waals surface area contributed by atoms with Crippen LogP contribution in [-0.2, 0) is 14.3 Å². The quantitative estimate of drug-likeness (QED) is 0.507. The van der Waals surface area contributed by atoms with Gasteiger partial charge in [0.25, 0.3) is 0 Å². The second kappa shape index (κ2) is 8.10. The van der Waals surface area contributed by atoms with Gasteiger partial charge in [0, 0.05) is 10.8 Å². The van der Waals surface area contributed by atoms with E-state index in [-0.39, 0.29) is 30.5 Å². The number of hydrogen-bond donors (Lipinski definition) is 2. The molecule has 0 aromatic heterocycles. The fraction of sp³-hybridized carbons (Fsp3) is 0.483. The van der Waals surface area contributed by atoms with E-state index in [0.717, 1.165) is 16.7 Å². The van der Waals surface area contributed by atoms with Gasteiger partial charge in [-0.1, -0.05) is 43.7 Å². The van der Waals surface area contributed by atoms with Gasteiger partial charge in [-0.15, -0.1) is 0 Å². The molecule has 0 spiro atoms. The molecule has 0 saturated heterocycles. The van der Waals surface area contributed by atoms with E-state index in [4.69, 9.17) is 4.74 Å². The minimum atomic E-state index is -1.53. The van der Waals surface area contributed by atoms with Crippen LogP contribution in [-0.4, -0.2) is 46.1 Å². The summed E-state index contributed by atoms with van der Waals surface area (Å²) < 4.78 is 6.06. The number of esters is 1. The Morgan fingerprint density at radius 3 is 2.57 bits per heavy atom. The van der Waals surface area contributed by atoms with Crippen molar-refractivity contribution in [1.29, 1.82) is 0 Å². The lowest BCUT2D eigenvalue weighted by Gasteiger charge is -2.55. The summed E-state index contributed by atoms with van der Waals surface area (Å²) in [6.07, 6.45) is 6.10. The van der Waals surface area contributed by atoms with Crippen LogP contribution in [0.2, 0.25) is 0 Å². The summed E-state index contributed by atoms with van der Waals surface area (Å²) in [6.45, 7) is 5.32. The molecule has 0 amide bonds. The lowest BCUT2D eigenvalue weighted by atomic mass is 9.51. The van der Waals surface area contributed by atoms with Crippen molar-refractivity contribution >= 4 is 17.5 Å². The first-order valence-electron chi connectivity index (χ1n) is 12.4. The van der Waals surface area contributed by atoms with E-state index in [1.165, 1.54) is 0 Å². The van der Waals surface area contributed by atoms with Crippen LogP contribution in [0.5, 0.6) is 0 Å². The summed E-state index contributed by atoms with van der Waals surface area (Å²) in [5.74, 6) is -1.16. The average molecular weight is 477 g/mol. The van der Waals surface area contributed by atoms with Crippen molar-refractivity contribution in [1.82, 2.24) is 0 Å². The maximum Gasteiger partial charge on any atom is 0.339 e. The van der Waals surface area contributed by atoms with E-state index < -0.39 is 40.9 Å². The molecule has 0 radical (unpaired) electrons. The molecule has 0 heterocycles. The molecule has 2 N–H and O–H groups in total. The largest absolute Gasteiger partial charge is 0.447 e. The number of hydrogen-bond acceptors (Lipinski definition) is 6. The number of carbonyl (C=O) groups is 3. The Hall–Kier alpha value is -2.83. The first-order valence-corrected chi connectivity index (χ1v) is 12.4. The molecular weight excluding hydrogens is 444 g/mol. The first-order chi connectivity index (χ1) is 16.6. The van der Waals surface area contributed by atoms with E-state index in [2.05, 4.69) is 13.8 Å². The third kappa shape index (κ3) is 3.26. The highest BCUT2D eigenvalue weighted by atomic mass is 16.6. The highest BCUT2D eigenvalue weighted by Crippen LogP contribution is 2.66. The van der Waals surface area contributed by atoms with Crippen molar-refractivity contribution in [2.24, 2.45) is 22.7 Å². The number of carbonyl (C=O) groups excluding carboxylic acids is 3. The van der Waals surface area contributed by atoms with Gasteiger partial charge in [-0.3, -0.25) is 9.59 Å². The topological polar surface area (TPSA) is 101 Å². The zero-order valence-electron chi connectivity index (χ0n) is 20.4. The van der Waals surface area contributed by atoms with Gasteiger partial charge in [-0.05, 0) is 79.9 Å². The lowest BCUT2D eigenvalue weighted by Crippen LogP contribution is -2.59. The number of Topliss-reactive ketones (excluding diaryl/α,β-unsaturated/α-hetero) is 1. The number of benzene rings is 1. The maximum absolute atomic E-state index is 13.3. The van der Waals surface area contributed by atoms with Crippen LogP contribution >= 0.6 is 0 Å². The Balaban J connectivity index is 1.61. The Kier molecular flexibility index (Phi) is 5.53. The summed E-state index contributed by atoms with van der Waals surface area (Å²) in [7, 11) is 0. The molecule has 1 aromatic carbocycles. The third-order valence-electron chi connectivity index (χ3n) is 9.16. The number of allylic oxidation sites excluding steroid dienone is 5. The van der Waals surface area contributed by atoms with E-state index in [9.17, 15) is 24.6 Å². The number of aliphatic hydroxyl groups excluding tert-OH is 2. The number of ketones is 2. The SMILES string of the molecule is C[C@H]1CC2=C([C@@H](O)C[C@@]3(C)[C@H]2CC[C@]3(OC(=O)c2ccccc2)C(=O)CO)[C@@]2(C)C=CC(=O)C=C12. The summed E-state index contributed by atoms with van der Waals surface area (Å²) in [4.78, 5) is 38.6. The summed E-state index contributed by atoms with van der Waals surface area (Å²) in [6, 6.07) is 8.53. The zero-order valence-corrected chi connectivity index (χ0v) is 20.4. The fourth-order valence-corrected chi connectivity index (χ4v) is 7.57. The molecule has 4 aliphatic carbocycles. The van der Waals surface area contributed by atoms with Crippen molar-refractivity contribution in [3.63, 3.8) is 0 Å². The highest BCUT2D eigenvalue weighted by molar-refractivity contribution is 6.01. The number of fused-ring (bicyclic) bond motifs is 4. The zero-order chi connectivity index (χ0) is 25.2. The monoisotopic (exact) mass is 476 g/mol. The van der Waals surface area contributed by atoms with Gasteiger partial charge in [0.1, 0.15) is 6.61 Å². The smallest absolute Gasteiger partial charge is 0.339 e. The van der Waals surface area contributed by atoms with E-state index >= 15 is 0 Å². The first kappa shape index (κ1) is 23.9. The fourth-order valence-electron chi connectivity index (χ4n) is 7.57. The molecule has 6 nitrogen and oxygen atoms in total. The van der Waals surface area contributed by atoms with Crippen LogP contribution in [0.4, 0.5) is 0 Å². The van der Waals surface area contributed by atoms with Gasteiger partial charge in [-0.25, -0.2) is 4.79 Å². The van der Waals surface area contributed by atoms with Crippen LogP contribution in [0.25, 0.3) is 0 Å². The molecule has 6 atom stereocenters. The van der Waals surface area contributed by atoms with Gasteiger partial charge in [0.05, 0.1) is 11.7 Å². The van der Waals surface area contributed by atoms with Crippen molar-refractivity contribution < 1.29 is 29.3 Å². The van der Waals surface area contributed by atoms with E-state index in [1.807, 2.05) is 13.0 Å². The summed E-state index contributed by atoms with van der Waals surface area (Å²) >= 11 is 0. The van der Waals surface area contributed by atoms with Crippen molar-refractivity contribution in [3.8, 4) is 0 Å². The van der Waals surface area contributed by atoms with Crippen LogP contribution in [0.1, 0.15) is 56.8 Å². The Labute approximate surface area is 205 Å². The summed E-state index contributed by atoms with van der Waals surface area (Å²) in [5, 5.41) is 21.5. The van der Waals surface area contributed by atoms with Crippen molar-refractivity contribution in [3.05, 3.63) is 70.8 Å². The minimum absolute atomic E-state index is 0.0373. The lowest BCUT2D eigenvalue weighted by molar-refractivity contribution is -0.158. The molecule has 1 saturated carbocycles. The molecule has 5 rings (SSSR count). The molecule has 4 aliphatic rings. The Morgan fingerprint density at radius 2 is 1.89 bits per heavy atom. The predicted molar refractivity (Wildman–Crippen MR) is 129 cm³/mol. The molecule has 35 heavy (non-hydrogen) atoms. The van der Waals surface area contributed by atoms with Gasteiger partial charge in [-0.2, -0.15) is 0 Å². The number of ether oxygens (including phenoxy) is 1. The highest BCUT2D eigenvalue weighted by Gasteiger charge is 2.67. The third-order valence-corrected chi connectivity index (χ3v) is 9.16. The van der Waals surface area contributed by atoms with Crippen LogP contribution in [0.3, 0.4) is 0 Å². The molecule has 1 fully saturated rings. The molecular formula is C29H32O6.